The van der Waals surface area contributed by atoms with Gasteiger partial charge in [0.2, 0.25) is 0 Å². The van der Waals surface area contributed by atoms with Gasteiger partial charge in [0.25, 0.3) is 0 Å². The van der Waals surface area contributed by atoms with Gasteiger partial charge in [-0.3, -0.25) is 0 Å². The Bertz CT molecular complexity index is 502. The second-order valence-corrected chi connectivity index (χ2v) is 4.86. The van der Waals surface area contributed by atoms with Gasteiger partial charge in [0, 0.05) is 6.07 Å². The minimum absolute atomic E-state index is 0.167. The van der Waals surface area contributed by atoms with Gasteiger partial charge in [-0.2, -0.15) is 0 Å². The lowest BCUT2D eigenvalue weighted by Gasteiger charge is -2.00. The fraction of sp³-hybridized carbons (Fsp3) is 0.300. The third-order valence-electron chi connectivity index (χ3n) is 2.59. The van der Waals surface area contributed by atoms with Crippen LogP contribution in [-0.4, -0.2) is 10.1 Å². The molecule has 0 aliphatic heterocycles. The number of aromatic nitrogens is 1. The molecule has 1 heterocycles. The Morgan fingerprint density at radius 3 is 2.93 bits per heavy atom. The number of phenols is 1. The Morgan fingerprint density at radius 1 is 1.43 bits per heavy atom. The third kappa shape index (κ3) is 1.11. The quantitative estimate of drug-likeness (QED) is 0.749. The Morgan fingerprint density at radius 2 is 2.21 bits per heavy atom. The number of hydrogen-bond donors (Lipinski definition) is 2. The van der Waals surface area contributed by atoms with E-state index in [2.05, 4.69) is 4.98 Å². The predicted octanol–water partition coefficient (Wildman–Crippen LogP) is 1.95. The number of nitrogens with two attached hydrogens (primary N) is 1. The van der Waals surface area contributed by atoms with Crippen molar-refractivity contribution in [2.45, 2.75) is 18.4 Å². The molecule has 1 saturated carbocycles. The topological polar surface area (TPSA) is 59.1 Å². The number of hydrogen-bond acceptors (Lipinski definition) is 4. The van der Waals surface area contributed by atoms with Gasteiger partial charge in [-0.25, -0.2) is 4.98 Å². The molecule has 1 aliphatic carbocycles. The van der Waals surface area contributed by atoms with Crippen molar-refractivity contribution >= 4 is 21.6 Å². The van der Waals surface area contributed by atoms with Crippen molar-refractivity contribution in [1.82, 2.24) is 4.98 Å². The first kappa shape index (κ1) is 8.20. The average molecular weight is 206 g/mol. The average Bonchev–Trinajstić information content (AvgIpc) is 2.77. The van der Waals surface area contributed by atoms with E-state index < -0.39 is 0 Å². The zero-order chi connectivity index (χ0) is 9.76. The maximum Gasteiger partial charge on any atom is 0.117 e. The Labute approximate surface area is 85.2 Å². The second kappa shape index (κ2) is 2.46. The van der Waals surface area contributed by atoms with E-state index in [9.17, 15) is 5.11 Å². The van der Waals surface area contributed by atoms with Crippen molar-refractivity contribution < 1.29 is 5.11 Å². The van der Waals surface area contributed by atoms with E-state index in [0.29, 0.717) is 0 Å². The van der Waals surface area contributed by atoms with Gasteiger partial charge in [0.05, 0.1) is 15.8 Å². The molecule has 1 aliphatic rings. The van der Waals surface area contributed by atoms with Crippen LogP contribution in [0.4, 0.5) is 0 Å². The highest BCUT2D eigenvalue weighted by molar-refractivity contribution is 7.18. The van der Waals surface area contributed by atoms with Crippen LogP contribution in [0.2, 0.25) is 0 Å². The van der Waals surface area contributed by atoms with Crippen molar-refractivity contribution in [3.63, 3.8) is 0 Å². The first-order chi connectivity index (χ1) is 6.67. The van der Waals surface area contributed by atoms with Gasteiger partial charge in [-0.15, -0.1) is 11.3 Å². The molecular weight excluding hydrogens is 196 g/mol. The molecule has 1 aromatic heterocycles. The van der Waals surface area contributed by atoms with Crippen molar-refractivity contribution in [1.29, 1.82) is 0 Å². The number of phenolic OH excluding ortho intramolecular Hbond substituents is 1. The minimum atomic E-state index is -0.167. The number of rotatable bonds is 1. The summed E-state index contributed by atoms with van der Waals surface area (Å²) in [6.45, 7) is 0. The summed E-state index contributed by atoms with van der Waals surface area (Å²) in [5, 5.41) is 10.3. The molecule has 72 valence electrons. The fourth-order valence-corrected chi connectivity index (χ4v) is 2.58. The maximum absolute atomic E-state index is 9.29. The van der Waals surface area contributed by atoms with E-state index in [1.54, 1.807) is 23.5 Å². The Balaban J connectivity index is 2.20. The largest absolute Gasteiger partial charge is 0.508 e. The summed E-state index contributed by atoms with van der Waals surface area (Å²) in [7, 11) is 0. The molecule has 14 heavy (non-hydrogen) atoms. The van der Waals surface area contributed by atoms with Crippen LogP contribution in [0.25, 0.3) is 10.2 Å². The number of nitrogens with zero attached hydrogens (tertiary/aromatic N) is 1. The number of aromatic hydroxyl groups is 1. The SMILES string of the molecule is NC1(c2nc3cc(O)ccc3s2)CC1. The Kier molecular flexibility index (Phi) is 1.44. The molecule has 0 radical (unpaired) electrons. The molecule has 3 nitrogen and oxygen atoms in total. The van der Waals surface area contributed by atoms with Gasteiger partial charge in [-0.1, -0.05) is 0 Å². The van der Waals surface area contributed by atoms with Crippen LogP contribution < -0.4 is 5.73 Å². The van der Waals surface area contributed by atoms with Gasteiger partial charge in [0.15, 0.2) is 0 Å². The first-order valence-electron chi connectivity index (χ1n) is 4.56. The third-order valence-corrected chi connectivity index (χ3v) is 3.84. The monoisotopic (exact) mass is 206 g/mol. The summed E-state index contributed by atoms with van der Waals surface area (Å²) in [6, 6.07) is 5.25. The van der Waals surface area contributed by atoms with Gasteiger partial charge in [-0.05, 0) is 25.0 Å². The predicted molar refractivity (Wildman–Crippen MR) is 56.4 cm³/mol. The molecule has 0 bridgehead atoms. The maximum atomic E-state index is 9.29. The van der Waals surface area contributed by atoms with Crippen LogP contribution >= 0.6 is 11.3 Å². The van der Waals surface area contributed by atoms with Crippen molar-refractivity contribution in [3.05, 3.63) is 23.2 Å². The molecule has 1 aromatic carbocycles. The lowest BCUT2D eigenvalue weighted by atomic mass is 10.3. The molecule has 0 unspecified atom stereocenters. The van der Waals surface area contributed by atoms with Crippen molar-refractivity contribution in [2.24, 2.45) is 5.73 Å². The molecule has 4 heteroatoms. The number of benzene rings is 1. The molecule has 0 spiro atoms. The van der Waals surface area contributed by atoms with E-state index in [1.165, 1.54) is 0 Å². The molecule has 2 aromatic rings. The van der Waals surface area contributed by atoms with Gasteiger partial charge >= 0.3 is 0 Å². The molecule has 0 amide bonds. The first-order valence-corrected chi connectivity index (χ1v) is 5.38. The summed E-state index contributed by atoms with van der Waals surface area (Å²) in [5.74, 6) is 0.260. The Hall–Kier alpha value is -1.13. The lowest BCUT2D eigenvalue weighted by molar-refractivity contribution is 0.476. The van der Waals surface area contributed by atoms with E-state index in [0.717, 1.165) is 28.1 Å². The normalized spacial score (nSPS) is 18.6. The van der Waals surface area contributed by atoms with E-state index in [-0.39, 0.29) is 11.3 Å². The fourth-order valence-electron chi connectivity index (χ4n) is 1.48. The molecule has 3 rings (SSSR count). The zero-order valence-electron chi connectivity index (χ0n) is 7.53. The summed E-state index contributed by atoms with van der Waals surface area (Å²) in [4.78, 5) is 4.44. The van der Waals surface area contributed by atoms with Crippen LogP contribution in [-0.2, 0) is 5.54 Å². The van der Waals surface area contributed by atoms with Crippen molar-refractivity contribution in [3.8, 4) is 5.75 Å². The number of thiazole rings is 1. The van der Waals surface area contributed by atoms with Crippen LogP contribution in [0.5, 0.6) is 5.75 Å². The molecule has 1 fully saturated rings. The van der Waals surface area contributed by atoms with E-state index >= 15 is 0 Å². The highest BCUT2D eigenvalue weighted by Crippen LogP contribution is 2.45. The number of fused-ring (bicyclic) bond motifs is 1. The smallest absolute Gasteiger partial charge is 0.117 e. The van der Waals surface area contributed by atoms with Gasteiger partial charge in [0.1, 0.15) is 10.8 Å². The lowest BCUT2D eigenvalue weighted by Crippen LogP contribution is -2.17. The van der Waals surface area contributed by atoms with Gasteiger partial charge < -0.3 is 10.8 Å². The second-order valence-electron chi connectivity index (χ2n) is 3.83. The molecular formula is C10H10N2OS. The highest BCUT2D eigenvalue weighted by Gasteiger charge is 2.42. The molecule has 0 atom stereocenters. The summed E-state index contributed by atoms with van der Waals surface area (Å²) in [5.41, 5.74) is 6.74. The van der Waals surface area contributed by atoms with Crippen LogP contribution in [0.1, 0.15) is 17.8 Å². The van der Waals surface area contributed by atoms with Crippen LogP contribution in [0.15, 0.2) is 18.2 Å². The van der Waals surface area contributed by atoms with Crippen molar-refractivity contribution in [2.75, 3.05) is 0 Å². The summed E-state index contributed by atoms with van der Waals surface area (Å²) in [6.07, 6.45) is 2.05. The van der Waals surface area contributed by atoms with Crippen LogP contribution in [0, 0.1) is 0 Å². The summed E-state index contributed by atoms with van der Waals surface area (Å²) >= 11 is 1.63. The van der Waals surface area contributed by atoms with E-state index in [1.807, 2.05) is 6.07 Å². The zero-order valence-corrected chi connectivity index (χ0v) is 8.34. The highest BCUT2D eigenvalue weighted by atomic mass is 32.1. The standard InChI is InChI=1S/C10H10N2OS/c11-10(3-4-10)9-12-7-5-6(13)1-2-8(7)14-9/h1-2,5,13H,3-4,11H2. The van der Waals surface area contributed by atoms with E-state index in [4.69, 9.17) is 5.73 Å². The molecule has 0 saturated heterocycles. The molecule has 3 N–H and O–H groups in total. The summed E-state index contributed by atoms with van der Waals surface area (Å²) < 4.78 is 1.09. The van der Waals surface area contributed by atoms with Crippen LogP contribution in [0.3, 0.4) is 0 Å². The minimum Gasteiger partial charge on any atom is -0.508 e.